The normalized spacial score (nSPS) is 15.0. The van der Waals surface area contributed by atoms with Gasteiger partial charge in [0.2, 0.25) is 11.8 Å². The average Bonchev–Trinajstić information content (AvgIpc) is 2.86. The molecule has 2 aromatic rings. The molecule has 1 N–H and O–H groups in total. The number of hydrogen-bond acceptors (Lipinski definition) is 7. The number of carbonyl (C=O) groups excluding carboxylic acids is 2. The molecule has 1 aromatic heterocycles. The molecule has 1 atom stereocenters. The van der Waals surface area contributed by atoms with E-state index in [1.807, 2.05) is 54.6 Å². The molecule has 188 valence electrons. The average molecular weight is 498 g/mol. The van der Waals surface area contributed by atoms with E-state index >= 15 is 0 Å². The summed E-state index contributed by atoms with van der Waals surface area (Å²) in [5.41, 5.74) is 1.87. The maximum Gasteiger partial charge on any atom is 0.303 e. The number of amides is 1. The van der Waals surface area contributed by atoms with Crippen LogP contribution < -0.4 is 10.1 Å². The summed E-state index contributed by atoms with van der Waals surface area (Å²) < 4.78 is 11.1. The highest BCUT2D eigenvalue weighted by Gasteiger charge is 2.15. The van der Waals surface area contributed by atoms with Crippen LogP contribution in [0.25, 0.3) is 0 Å². The first kappa shape index (κ1) is 26.8. The Labute approximate surface area is 212 Å². The van der Waals surface area contributed by atoms with Crippen LogP contribution in [0.3, 0.4) is 0 Å². The van der Waals surface area contributed by atoms with Crippen LogP contribution in [0.15, 0.2) is 60.8 Å². The van der Waals surface area contributed by atoms with Gasteiger partial charge in [0.15, 0.2) is 5.44 Å². The van der Waals surface area contributed by atoms with Crippen LogP contribution in [0.1, 0.15) is 37.3 Å². The van der Waals surface area contributed by atoms with Gasteiger partial charge >= 0.3 is 5.97 Å². The Kier molecular flexibility index (Phi) is 11.6. The molecule has 1 aromatic carbocycles. The molecule has 3 rings (SSSR count). The molecule has 0 radical (unpaired) electrons. The number of rotatable bonds is 13. The van der Waals surface area contributed by atoms with Gasteiger partial charge < -0.3 is 14.8 Å². The molecule has 0 saturated carbocycles. The van der Waals surface area contributed by atoms with Crippen LogP contribution in [-0.4, -0.2) is 59.2 Å². The third-order valence-electron chi connectivity index (χ3n) is 5.51. The fraction of sp³-hybridized carbons (Fsp3) is 0.444. The molecule has 8 heteroatoms. The predicted molar refractivity (Wildman–Crippen MR) is 139 cm³/mol. The van der Waals surface area contributed by atoms with Gasteiger partial charge in [-0.15, -0.1) is 11.8 Å². The largest absolute Gasteiger partial charge is 0.473 e. The Hall–Kier alpha value is -2.84. The minimum Gasteiger partial charge on any atom is -0.473 e. The minimum atomic E-state index is -0.400. The van der Waals surface area contributed by atoms with E-state index < -0.39 is 5.44 Å². The second-order valence-corrected chi connectivity index (χ2v) is 9.61. The molecule has 1 unspecified atom stereocenters. The number of piperidine rings is 1. The second-order valence-electron chi connectivity index (χ2n) is 8.47. The van der Waals surface area contributed by atoms with E-state index in [9.17, 15) is 9.59 Å². The Morgan fingerprint density at radius 2 is 1.91 bits per heavy atom. The Bertz CT molecular complexity index is 948. The molecule has 1 amide bonds. The van der Waals surface area contributed by atoms with Gasteiger partial charge in [-0.2, -0.15) is 0 Å². The van der Waals surface area contributed by atoms with Crippen molar-refractivity contribution in [3.8, 4) is 5.88 Å². The van der Waals surface area contributed by atoms with E-state index in [1.54, 1.807) is 6.20 Å². The van der Waals surface area contributed by atoms with Crippen LogP contribution in [0.2, 0.25) is 0 Å². The lowest BCUT2D eigenvalue weighted by molar-refractivity contribution is -0.142. The summed E-state index contributed by atoms with van der Waals surface area (Å²) in [4.78, 5) is 30.4. The molecule has 1 aliphatic heterocycles. The van der Waals surface area contributed by atoms with E-state index in [0.29, 0.717) is 25.5 Å². The zero-order chi connectivity index (χ0) is 24.7. The Morgan fingerprint density at radius 1 is 1.11 bits per heavy atom. The third-order valence-corrected chi connectivity index (χ3v) is 6.57. The van der Waals surface area contributed by atoms with Gasteiger partial charge in [-0.25, -0.2) is 4.98 Å². The molecule has 0 aliphatic carbocycles. The summed E-state index contributed by atoms with van der Waals surface area (Å²) in [5, 5.41) is 2.84. The number of aromatic nitrogens is 1. The van der Waals surface area contributed by atoms with Crippen molar-refractivity contribution in [2.24, 2.45) is 0 Å². The number of nitrogens with zero attached hydrogens (tertiary/aromatic N) is 2. The van der Waals surface area contributed by atoms with Crippen LogP contribution in [0.4, 0.5) is 0 Å². The molecule has 7 nitrogen and oxygen atoms in total. The first-order valence-electron chi connectivity index (χ1n) is 12.1. The lowest BCUT2D eigenvalue weighted by Crippen LogP contribution is -2.29. The van der Waals surface area contributed by atoms with Gasteiger partial charge in [-0.3, -0.25) is 14.5 Å². The predicted octanol–water partition coefficient (Wildman–Crippen LogP) is 3.98. The molecule has 1 saturated heterocycles. The molecule has 1 aliphatic rings. The Morgan fingerprint density at radius 3 is 2.69 bits per heavy atom. The highest BCUT2D eigenvalue weighted by Crippen LogP contribution is 2.18. The van der Waals surface area contributed by atoms with Crippen molar-refractivity contribution < 1.29 is 19.1 Å². The van der Waals surface area contributed by atoms with E-state index in [0.717, 1.165) is 25.2 Å². The van der Waals surface area contributed by atoms with Gasteiger partial charge in [-0.1, -0.05) is 42.8 Å². The van der Waals surface area contributed by atoms with Crippen molar-refractivity contribution >= 4 is 23.6 Å². The molecule has 35 heavy (non-hydrogen) atoms. The number of likely N-dealkylation sites (tertiary alicyclic amines) is 1. The fourth-order valence-electron chi connectivity index (χ4n) is 3.81. The molecule has 2 heterocycles. The van der Waals surface area contributed by atoms with Crippen LogP contribution >= 0.6 is 11.8 Å². The topological polar surface area (TPSA) is 80.8 Å². The van der Waals surface area contributed by atoms with Gasteiger partial charge in [0.05, 0.1) is 5.75 Å². The fourth-order valence-corrected chi connectivity index (χ4v) is 4.76. The molecule has 0 spiro atoms. The third kappa shape index (κ3) is 11.0. The SMILES string of the molecule is CC(=O)OC(Cc1ccccc1)SCC(=O)NCC=CCOc1cc(CN2CCCCC2)ccn1. The number of benzene rings is 1. The first-order chi connectivity index (χ1) is 17.1. The standard InChI is InChI=1S/C27H35N3O4S/c1-22(31)34-27(19-23-10-4-2-5-11-23)35-21-25(32)28-13-6-9-17-33-26-18-24(12-14-29-26)20-30-15-7-3-8-16-30/h2,4-6,9-12,14,18,27H,3,7-8,13,15-17,19-21H2,1H3,(H,28,32). The number of ether oxygens (including phenoxy) is 2. The van der Waals surface area contributed by atoms with Crippen LogP contribution in [0, 0.1) is 0 Å². The van der Waals surface area contributed by atoms with Crippen molar-refractivity contribution in [3.05, 3.63) is 71.9 Å². The zero-order valence-electron chi connectivity index (χ0n) is 20.4. The summed E-state index contributed by atoms with van der Waals surface area (Å²) in [6.45, 7) is 5.42. The minimum absolute atomic E-state index is 0.113. The maximum atomic E-state index is 12.2. The van der Waals surface area contributed by atoms with E-state index in [4.69, 9.17) is 9.47 Å². The van der Waals surface area contributed by atoms with E-state index in [-0.39, 0.29) is 17.6 Å². The lowest BCUT2D eigenvalue weighted by Gasteiger charge is -2.26. The number of esters is 1. The van der Waals surface area contributed by atoms with Gasteiger partial charge in [0.25, 0.3) is 0 Å². The number of pyridine rings is 1. The van der Waals surface area contributed by atoms with E-state index in [1.165, 1.54) is 43.5 Å². The number of carbonyl (C=O) groups is 2. The lowest BCUT2D eigenvalue weighted by atomic mass is 10.1. The molecule has 0 bridgehead atoms. The van der Waals surface area contributed by atoms with Gasteiger partial charge in [0.1, 0.15) is 6.61 Å². The first-order valence-corrected chi connectivity index (χ1v) is 13.2. The van der Waals surface area contributed by atoms with Crippen molar-refractivity contribution in [1.29, 1.82) is 0 Å². The van der Waals surface area contributed by atoms with Crippen molar-refractivity contribution in [2.75, 3.05) is 32.0 Å². The number of nitrogens with one attached hydrogen (secondary N) is 1. The second kappa shape index (κ2) is 15.2. The highest BCUT2D eigenvalue weighted by atomic mass is 32.2. The monoisotopic (exact) mass is 497 g/mol. The quantitative estimate of drug-likeness (QED) is 0.255. The molecular weight excluding hydrogens is 462 g/mol. The highest BCUT2D eigenvalue weighted by molar-refractivity contribution is 8.00. The molecule has 1 fully saturated rings. The zero-order valence-corrected chi connectivity index (χ0v) is 21.2. The van der Waals surface area contributed by atoms with E-state index in [2.05, 4.69) is 15.2 Å². The van der Waals surface area contributed by atoms with Crippen molar-refractivity contribution in [2.45, 2.75) is 44.6 Å². The summed E-state index contributed by atoms with van der Waals surface area (Å²) in [5.74, 6) is 0.355. The van der Waals surface area contributed by atoms with Crippen LogP contribution in [0.5, 0.6) is 5.88 Å². The molecular formula is C27H35N3O4S. The summed E-state index contributed by atoms with van der Waals surface area (Å²) >= 11 is 1.32. The van der Waals surface area contributed by atoms with Crippen molar-refractivity contribution in [3.63, 3.8) is 0 Å². The number of hydrogen-bond donors (Lipinski definition) is 1. The van der Waals surface area contributed by atoms with Gasteiger partial charge in [0, 0.05) is 38.7 Å². The summed E-state index contributed by atoms with van der Waals surface area (Å²) in [6, 6.07) is 13.8. The van der Waals surface area contributed by atoms with Crippen molar-refractivity contribution in [1.82, 2.24) is 15.2 Å². The Balaban J connectivity index is 1.32. The summed E-state index contributed by atoms with van der Waals surface area (Å²) in [6.07, 6.45) is 9.94. The van der Waals surface area contributed by atoms with Gasteiger partial charge in [-0.05, 0) is 49.2 Å². The van der Waals surface area contributed by atoms with Crippen LogP contribution in [-0.2, 0) is 27.3 Å². The number of thioether (sulfide) groups is 1. The summed E-state index contributed by atoms with van der Waals surface area (Å²) in [7, 11) is 0. The smallest absolute Gasteiger partial charge is 0.303 e. The maximum absolute atomic E-state index is 12.2.